The van der Waals surface area contributed by atoms with Crippen LogP contribution in [-0.4, -0.2) is 48.1 Å². The van der Waals surface area contributed by atoms with Gasteiger partial charge in [0.2, 0.25) is 5.56 Å². The largest absolute Gasteiger partial charge is 0.462 e. The number of benzene rings is 1. The average Bonchev–Trinajstić information content (AvgIpc) is 2.64. The molecule has 0 amide bonds. The molecule has 2 aromatic rings. The zero-order valence-corrected chi connectivity index (χ0v) is 17.4. The molecule has 3 rings (SSSR count). The SMILES string of the molecule is CC(C)(C)OC=O.O=c1cc(-c2ccc(Cl)cc2)c(CN2CCNCC2)c[nH]1. The molecule has 1 saturated heterocycles. The normalized spacial score (nSPS) is 14.7. The van der Waals surface area contributed by atoms with Crippen LogP contribution >= 0.6 is 11.6 Å². The molecule has 1 aromatic heterocycles. The first-order valence-electron chi connectivity index (χ1n) is 9.30. The molecule has 0 spiro atoms. The Morgan fingerprint density at radius 1 is 1.18 bits per heavy atom. The highest BCUT2D eigenvalue weighted by Gasteiger charge is 2.13. The van der Waals surface area contributed by atoms with Crippen molar-refractivity contribution in [2.75, 3.05) is 26.2 Å². The molecule has 6 nitrogen and oxygen atoms in total. The summed E-state index contributed by atoms with van der Waals surface area (Å²) in [5.74, 6) is 0. The predicted octanol–water partition coefficient (Wildman–Crippen LogP) is 3.06. The Morgan fingerprint density at radius 2 is 1.82 bits per heavy atom. The van der Waals surface area contributed by atoms with E-state index in [1.54, 1.807) is 6.07 Å². The van der Waals surface area contributed by atoms with Crippen LogP contribution in [0, 0.1) is 0 Å². The summed E-state index contributed by atoms with van der Waals surface area (Å²) < 4.78 is 4.55. The zero-order chi connectivity index (χ0) is 20.6. The first kappa shape index (κ1) is 22.1. The lowest BCUT2D eigenvalue weighted by molar-refractivity contribution is -0.138. The predicted molar refractivity (Wildman–Crippen MR) is 113 cm³/mol. The number of rotatable bonds is 4. The number of carbonyl (C=O) groups is 1. The molecule has 0 saturated carbocycles. The number of aromatic nitrogens is 1. The van der Waals surface area contributed by atoms with Gasteiger partial charge < -0.3 is 15.0 Å². The van der Waals surface area contributed by atoms with Gasteiger partial charge in [-0.3, -0.25) is 14.5 Å². The minimum atomic E-state index is -0.318. The van der Waals surface area contributed by atoms with E-state index in [4.69, 9.17) is 11.6 Å². The summed E-state index contributed by atoms with van der Waals surface area (Å²) in [6.45, 7) is 10.8. The molecule has 2 N–H and O–H groups in total. The van der Waals surface area contributed by atoms with Crippen LogP contribution < -0.4 is 10.9 Å². The Hall–Kier alpha value is -2.15. The second-order valence-corrected chi connectivity index (χ2v) is 8.03. The second-order valence-electron chi connectivity index (χ2n) is 7.60. The molecule has 1 aromatic carbocycles. The number of nitrogens with one attached hydrogen (secondary N) is 2. The van der Waals surface area contributed by atoms with E-state index in [2.05, 4.69) is 19.9 Å². The monoisotopic (exact) mass is 405 g/mol. The molecular formula is C21H28ClN3O3. The van der Waals surface area contributed by atoms with Crippen molar-refractivity contribution in [1.29, 1.82) is 0 Å². The van der Waals surface area contributed by atoms with Crippen LogP contribution in [0.2, 0.25) is 5.02 Å². The molecule has 1 aliphatic heterocycles. The first-order valence-corrected chi connectivity index (χ1v) is 9.68. The van der Waals surface area contributed by atoms with Crippen LogP contribution in [0.4, 0.5) is 0 Å². The third kappa shape index (κ3) is 7.46. The number of H-pyrrole nitrogens is 1. The standard InChI is InChI=1S/C16H18ClN3O.C5H10O2/c17-14-3-1-12(2-4-14)15-9-16(21)19-10-13(15)11-20-7-5-18-6-8-20;1-5(2,3)7-4-6/h1-4,9-10,18H,5-8,11H2,(H,19,21);4H,1-3H3. The topological polar surface area (TPSA) is 74.4 Å². The van der Waals surface area contributed by atoms with Crippen molar-refractivity contribution in [2.45, 2.75) is 32.9 Å². The van der Waals surface area contributed by atoms with Crippen LogP contribution in [0.25, 0.3) is 11.1 Å². The second kappa shape index (κ2) is 10.4. The van der Waals surface area contributed by atoms with E-state index in [1.165, 1.54) is 0 Å². The van der Waals surface area contributed by atoms with E-state index in [0.717, 1.165) is 49.4 Å². The van der Waals surface area contributed by atoms with E-state index in [-0.39, 0.29) is 11.2 Å². The van der Waals surface area contributed by atoms with Gasteiger partial charge in [0.05, 0.1) is 0 Å². The minimum Gasteiger partial charge on any atom is -0.462 e. The van der Waals surface area contributed by atoms with Gasteiger partial charge in [-0.2, -0.15) is 0 Å². The Labute approximate surface area is 170 Å². The smallest absolute Gasteiger partial charge is 0.293 e. The maximum absolute atomic E-state index is 11.7. The number of pyridine rings is 1. The molecule has 0 unspecified atom stereocenters. The minimum absolute atomic E-state index is 0.0796. The highest BCUT2D eigenvalue weighted by atomic mass is 35.5. The molecular weight excluding hydrogens is 378 g/mol. The summed E-state index contributed by atoms with van der Waals surface area (Å²) in [5, 5.41) is 4.05. The molecule has 152 valence electrons. The van der Waals surface area contributed by atoms with Crippen LogP contribution in [0.3, 0.4) is 0 Å². The van der Waals surface area contributed by atoms with E-state index in [9.17, 15) is 9.59 Å². The number of piperazine rings is 1. The van der Waals surface area contributed by atoms with Gasteiger partial charge in [-0.1, -0.05) is 23.7 Å². The van der Waals surface area contributed by atoms with Crippen molar-refractivity contribution < 1.29 is 9.53 Å². The van der Waals surface area contributed by atoms with Crippen molar-refractivity contribution in [3.63, 3.8) is 0 Å². The van der Waals surface area contributed by atoms with Crippen molar-refractivity contribution in [3.05, 3.63) is 57.5 Å². The van der Waals surface area contributed by atoms with Gasteiger partial charge in [0.15, 0.2) is 0 Å². The number of aromatic amines is 1. The summed E-state index contributed by atoms with van der Waals surface area (Å²) in [5.41, 5.74) is 2.74. The number of carbonyl (C=O) groups excluding carboxylic acids is 1. The molecule has 7 heteroatoms. The molecule has 2 heterocycles. The molecule has 0 aliphatic carbocycles. The van der Waals surface area contributed by atoms with Crippen molar-refractivity contribution in [1.82, 2.24) is 15.2 Å². The number of nitrogens with zero attached hydrogens (tertiary/aromatic N) is 1. The van der Waals surface area contributed by atoms with Crippen LogP contribution in [-0.2, 0) is 16.1 Å². The fourth-order valence-corrected chi connectivity index (χ4v) is 2.91. The highest BCUT2D eigenvalue weighted by molar-refractivity contribution is 6.30. The quantitative estimate of drug-likeness (QED) is 0.765. The maximum atomic E-state index is 11.7. The molecule has 0 radical (unpaired) electrons. The summed E-state index contributed by atoms with van der Waals surface area (Å²) >= 11 is 5.94. The lowest BCUT2D eigenvalue weighted by Crippen LogP contribution is -2.43. The fraction of sp³-hybridized carbons (Fsp3) is 0.429. The molecule has 0 bridgehead atoms. The fourth-order valence-electron chi connectivity index (χ4n) is 2.78. The lowest BCUT2D eigenvalue weighted by atomic mass is 10.0. The number of ether oxygens (including phenoxy) is 1. The van der Waals surface area contributed by atoms with Gasteiger partial charge in [0.1, 0.15) is 5.60 Å². The number of hydrogen-bond donors (Lipinski definition) is 2. The summed E-state index contributed by atoms with van der Waals surface area (Å²) in [4.78, 5) is 26.4. The van der Waals surface area contributed by atoms with E-state index >= 15 is 0 Å². The maximum Gasteiger partial charge on any atom is 0.293 e. The van der Waals surface area contributed by atoms with Crippen LogP contribution in [0.5, 0.6) is 0 Å². The summed E-state index contributed by atoms with van der Waals surface area (Å²) in [6, 6.07) is 9.29. The number of hydrogen-bond acceptors (Lipinski definition) is 5. The molecule has 1 fully saturated rings. The van der Waals surface area contributed by atoms with Gasteiger partial charge >= 0.3 is 0 Å². The third-order valence-electron chi connectivity index (χ3n) is 4.17. The van der Waals surface area contributed by atoms with Crippen molar-refractivity contribution >= 4 is 18.1 Å². The molecule has 28 heavy (non-hydrogen) atoms. The van der Waals surface area contributed by atoms with Gasteiger partial charge in [-0.25, -0.2) is 0 Å². The Bertz CT molecular complexity index is 807. The van der Waals surface area contributed by atoms with Gasteiger partial charge in [-0.15, -0.1) is 0 Å². The number of halogens is 1. The zero-order valence-electron chi connectivity index (χ0n) is 16.6. The van der Waals surface area contributed by atoms with Gasteiger partial charge in [0, 0.05) is 50.0 Å². The van der Waals surface area contributed by atoms with E-state index in [1.807, 2.05) is 51.2 Å². The Kier molecular flexibility index (Phi) is 8.23. The highest BCUT2D eigenvalue weighted by Crippen LogP contribution is 2.24. The van der Waals surface area contributed by atoms with Gasteiger partial charge in [-0.05, 0) is 49.6 Å². The average molecular weight is 406 g/mol. The lowest BCUT2D eigenvalue weighted by Gasteiger charge is -2.27. The Morgan fingerprint density at radius 3 is 2.36 bits per heavy atom. The molecule has 0 atom stereocenters. The molecule has 1 aliphatic rings. The van der Waals surface area contributed by atoms with Gasteiger partial charge in [0.25, 0.3) is 6.47 Å². The van der Waals surface area contributed by atoms with Crippen LogP contribution in [0.15, 0.2) is 41.3 Å². The van der Waals surface area contributed by atoms with Crippen molar-refractivity contribution in [3.8, 4) is 11.1 Å². The van der Waals surface area contributed by atoms with E-state index < -0.39 is 0 Å². The summed E-state index contributed by atoms with van der Waals surface area (Å²) in [6.07, 6.45) is 1.83. The third-order valence-corrected chi connectivity index (χ3v) is 4.42. The van der Waals surface area contributed by atoms with Crippen molar-refractivity contribution in [2.24, 2.45) is 0 Å². The first-order chi connectivity index (χ1) is 13.3. The summed E-state index contributed by atoms with van der Waals surface area (Å²) in [7, 11) is 0. The van der Waals surface area contributed by atoms with Crippen LogP contribution in [0.1, 0.15) is 26.3 Å². The van der Waals surface area contributed by atoms with E-state index in [0.29, 0.717) is 11.5 Å². The Balaban J connectivity index is 0.000000345.